The Morgan fingerprint density at radius 2 is 1.91 bits per heavy atom. The molecule has 176 valence electrons. The smallest absolute Gasteiger partial charge is 0.325 e. The number of amides is 2. The first-order valence-electron chi connectivity index (χ1n) is 11.3. The maximum Gasteiger partial charge on any atom is 0.325 e. The molecule has 2 N–H and O–H groups in total. The van der Waals surface area contributed by atoms with E-state index in [0.717, 1.165) is 12.0 Å². The molecule has 0 saturated carbocycles. The first-order valence-corrected chi connectivity index (χ1v) is 11.3. The zero-order valence-electron chi connectivity index (χ0n) is 19.7. The van der Waals surface area contributed by atoms with Crippen molar-refractivity contribution in [2.24, 2.45) is 17.8 Å². The molecule has 5 unspecified atom stereocenters. The molecule has 2 amide bonds. The fourth-order valence-corrected chi connectivity index (χ4v) is 5.42. The number of ether oxygens (including phenoxy) is 2. The van der Waals surface area contributed by atoms with Gasteiger partial charge in [0.15, 0.2) is 0 Å². The van der Waals surface area contributed by atoms with E-state index in [2.05, 4.69) is 5.32 Å². The number of methoxy groups -OCH3 is 2. The van der Waals surface area contributed by atoms with Crippen LogP contribution < -0.4 is 14.8 Å². The van der Waals surface area contributed by atoms with Gasteiger partial charge in [-0.1, -0.05) is 39.7 Å². The van der Waals surface area contributed by atoms with Crippen LogP contribution >= 0.6 is 0 Å². The number of hydrogen-bond acceptors (Lipinski definition) is 6. The van der Waals surface area contributed by atoms with Crippen LogP contribution in [0, 0.1) is 24.7 Å². The lowest BCUT2D eigenvalue weighted by Crippen LogP contribution is -2.59. The number of carbonyl (C=O) groups excluding carboxylic acids is 2. The van der Waals surface area contributed by atoms with Crippen molar-refractivity contribution in [2.45, 2.75) is 58.5 Å². The number of unbranched alkanes of at least 4 members (excludes halogenated alkanes) is 1. The van der Waals surface area contributed by atoms with Crippen molar-refractivity contribution in [3.63, 3.8) is 0 Å². The van der Waals surface area contributed by atoms with Gasteiger partial charge in [0.25, 0.3) is 0 Å². The Hall–Kier alpha value is -2.61. The highest BCUT2D eigenvalue weighted by molar-refractivity contribution is 6.09. The minimum absolute atomic E-state index is 0.308. The topological polar surface area (TPSA) is 105 Å². The second-order valence-corrected chi connectivity index (χ2v) is 8.81. The van der Waals surface area contributed by atoms with Crippen LogP contribution in [0.5, 0.6) is 11.5 Å². The number of fused-ring (bicyclic) bond motifs is 1. The minimum atomic E-state index is -1.55. The Morgan fingerprint density at radius 3 is 2.44 bits per heavy atom. The molecule has 1 aromatic rings. The van der Waals surface area contributed by atoms with E-state index in [4.69, 9.17) is 9.47 Å². The van der Waals surface area contributed by atoms with Gasteiger partial charge in [0.05, 0.1) is 26.1 Å². The van der Waals surface area contributed by atoms with Gasteiger partial charge in [-0.05, 0) is 25.3 Å². The summed E-state index contributed by atoms with van der Waals surface area (Å²) >= 11 is 0. The summed E-state index contributed by atoms with van der Waals surface area (Å²) in [5.41, 5.74) is -0.135. The number of likely N-dealkylation sites (tertiary alicyclic amines) is 1. The zero-order chi connectivity index (χ0) is 23.8. The van der Waals surface area contributed by atoms with Gasteiger partial charge in [-0.15, -0.1) is 0 Å². The number of aliphatic carboxylic acids is 1. The van der Waals surface area contributed by atoms with Gasteiger partial charge in [-0.2, -0.15) is 0 Å². The standard InChI is InChI=1S/C24H34N2O6/c1-7-9-12-26-21(27)17-18(22(26)28)24(23(29)30,13(3)8-2)25-19(17)15-10-11-16(31-5)14(4)20(15)32-6/h10-11,13,17-19,25H,7-9,12H2,1-6H3,(H,29,30). The summed E-state index contributed by atoms with van der Waals surface area (Å²) in [6.45, 7) is 7.86. The Morgan fingerprint density at radius 1 is 1.22 bits per heavy atom. The van der Waals surface area contributed by atoms with E-state index >= 15 is 0 Å². The molecule has 1 aromatic carbocycles. The molecule has 2 aliphatic heterocycles. The molecule has 8 nitrogen and oxygen atoms in total. The number of benzene rings is 1. The van der Waals surface area contributed by atoms with Gasteiger partial charge in [-0.3, -0.25) is 24.6 Å². The predicted octanol–water partition coefficient (Wildman–Crippen LogP) is 2.93. The monoisotopic (exact) mass is 446 g/mol. The molecule has 2 heterocycles. The summed E-state index contributed by atoms with van der Waals surface area (Å²) in [6.07, 6.45) is 2.06. The number of carboxylic acid groups (broad SMARTS) is 1. The highest BCUT2D eigenvalue weighted by Crippen LogP contribution is 2.54. The van der Waals surface area contributed by atoms with Crippen LogP contribution in [0.2, 0.25) is 0 Å². The van der Waals surface area contributed by atoms with E-state index in [0.29, 0.717) is 36.4 Å². The number of rotatable bonds is 9. The van der Waals surface area contributed by atoms with E-state index in [-0.39, 0.29) is 11.8 Å². The average Bonchev–Trinajstić information content (AvgIpc) is 3.26. The van der Waals surface area contributed by atoms with Crippen molar-refractivity contribution in [1.82, 2.24) is 10.2 Å². The van der Waals surface area contributed by atoms with Gasteiger partial charge in [0, 0.05) is 23.7 Å². The summed E-state index contributed by atoms with van der Waals surface area (Å²) in [5, 5.41) is 13.7. The third-order valence-corrected chi connectivity index (χ3v) is 7.31. The maximum atomic E-state index is 13.5. The molecule has 32 heavy (non-hydrogen) atoms. The third-order valence-electron chi connectivity index (χ3n) is 7.31. The third kappa shape index (κ3) is 3.36. The summed E-state index contributed by atoms with van der Waals surface area (Å²) in [6, 6.07) is 2.90. The quantitative estimate of drug-likeness (QED) is 0.562. The molecule has 0 spiro atoms. The molecular formula is C24H34N2O6. The Labute approximate surface area is 189 Å². The molecule has 0 bridgehead atoms. The van der Waals surface area contributed by atoms with Crippen molar-refractivity contribution < 1.29 is 29.0 Å². The molecule has 5 atom stereocenters. The molecule has 2 aliphatic rings. The van der Waals surface area contributed by atoms with Crippen molar-refractivity contribution >= 4 is 17.8 Å². The number of nitrogens with one attached hydrogen (secondary N) is 1. The van der Waals surface area contributed by atoms with Crippen LogP contribution in [-0.4, -0.2) is 54.1 Å². The second-order valence-electron chi connectivity index (χ2n) is 8.81. The minimum Gasteiger partial charge on any atom is -0.496 e. The van der Waals surface area contributed by atoms with E-state index < -0.39 is 35.3 Å². The highest BCUT2D eigenvalue weighted by atomic mass is 16.5. The van der Waals surface area contributed by atoms with E-state index in [9.17, 15) is 19.5 Å². The molecular weight excluding hydrogens is 412 g/mol. The van der Waals surface area contributed by atoms with Crippen LogP contribution in [-0.2, 0) is 14.4 Å². The largest absolute Gasteiger partial charge is 0.496 e. The maximum absolute atomic E-state index is 13.5. The number of carbonyl (C=O) groups is 3. The van der Waals surface area contributed by atoms with Crippen LogP contribution in [0.1, 0.15) is 57.2 Å². The molecule has 2 fully saturated rings. The summed E-state index contributed by atoms with van der Waals surface area (Å²) in [5.74, 6) is -2.81. The van der Waals surface area contributed by atoms with Gasteiger partial charge >= 0.3 is 5.97 Å². The van der Waals surface area contributed by atoms with Gasteiger partial charge < -0.3 is 14.6 Å². The molecule has 3 rings (SSSR count). The fraction of sp³-hybridized carbons (Fsp3) is 0.625. The highest BCUT2D eigenvalue weighted by Gasteiger charge is 2.69. The van der Waals surface area contributed by atoms with Crippen LogP contribution in [0.4, 0.5) is 0 Å². The molecule has 2 saturated heterocycles. The Balaban J connectivity index is 2.21. The summed E-state index contributed by atoms with van der Waals surface area (Å²) in [7, 11) is 3.10. The molecule has 0 aromatic heterocycles. The van der Waals surface area contributed by atoms with Crippen LogP contribution in [0.15, 0.2) is 12.1 Å². The lowest BCUT2D eigenvalue weighted by atomic mass is 9.72. The van der Waals surface area contributed by atoms with Gasteiger partial charge in [0.2, 0.25) is 11.8 Å². The number of nitrogens with zero attached hydrogens (tertiary/aromatic N) is 1. The van der Waals surface area contributed by atoms with Crippen molar-refractivity contribution in [3.05, 3.63) is 23.3 Å². The van der Waals surface area contributed by atoms with E-state index in [1.165, 1.54) is 12.0 Å². The molecule has 8 heteroatoms. The lowest BCUT2D eigenvalue weighted by Gasteiger charge is -2.36. The van der Waals surface area contributed by atoms with Crippen molar-refractivity contribution in [2.75, 3.05) is 20.8 Å². The van der Waals surface area contributed by atoms with Crippen molar-refractivity contribution in [3.8, 4) is 11.5 Å². The SMILES string of the molecule is CCCCN1C(=O)C2C(c3ccc(OC)c(C)c3OC)NC(C(=O)O)(C(C)CC)C2C1=O. The number of imide groups is 1. The Kier molecular flexibility index (Phi) is 6.83. The zero-order valence-corrected chi connectivity index (χ0v) is 19.7. The number of hydrogen-bond donors (Lipinski definition) is 2. The average molecular weight is 447 g/mol. The fourth-order valence-electron chi connectivity index (χ4n) is 5.42. The summed E-state index contributed by atoms with van der Waals surface area (Å²) < 4.78 is 11.1. The second kappa shape index (κ2) is 9.10. The van der Waals surface area contributed by atoms with Gasteiger partial charge in [-0.25, -0.2) is 0 Å². The summed E-state index contributed by atoms with van der Waals surface area (Å²) in [4.78, 5) is 41.0. The van der Waals surface area contributed by atoms with E-state index in [1.54, 1.807) is 19.2 Å². The van der Waals surface area contributed by atoms with Crippen molar-refractivity contribution in [1.29, 1.82) is 0 Å². The lowest BCUT2D eigenvalue weighted by molar-refractivity contribution is -0.154. The van der Waals surface area contributed by atoms with Crippen LogP contribution in [0.3, 0.4) is 0 Å². The predicted molar refractivity (Wildman–Crippen MR) is 119 cm³/mol. The molecule has 0 aliphatic carbocycles. The normalized spacial score (nSPS) is 28.1. The molecule has 0 radical (unpaired) electrons. The first-order chi connectivity index (χ1) is 15.2. The van der Waals surface area contributed by atoms with Crippen LogP contribution in [0.25, 0.3) is 0 Å². The first kappa shape index (κ1) is 24.0. The number of carboxylic acids is 1. The van der Waals surface area contributed by atoms with Gasteiger partial charge in [0.1, 0.15) is 17.0 Å². The van der Waals surface area contributed by atoms with E-state index in [1.807, 2.05) is 27.7 Å². The Bertz CT molecular complexity index is 916.